The van der Waals surface area contributed by atoms with E-state index in [4.69, 9.17) is 9.26 Å². The Bertz CT molecular complexity index is 546. The van der Waals surface area contributed by atoms with E-state index in [-0.39, 0.29) is 12.4 Å². The third-order valence-corrected chi connectivity index (χ3v) is 4.51. The summed E-state index contributed by atoms with van der Waals surface area (Å²) in [7, 11) is 1.93. The van der Waals surface area contributed by atoms with Crippen LogP contribution in [0.4, 0.5) is 0 Å². The maximum Gasteiger partial charge on any atom is 0.268 e. The van der Waals surface area contributed by atoms with E-state index in [2.05, 4.69) is 28.4 Å². The molecule has 0 radical (unpaired) electrons. The first-order chi connectivity index (χ1) is 9.26. The highest BCUT2D eigenvalue weighted by Crippen LogP contribution is 2.33. The van der Waals surface area contributed by atoms with E-state index in [1.165, 1.54) is 10.4 Å². The molecule has 3 heterocycles. The van der Waals surface area contributed by atoms with Crippen molar-refractivity contribution in [3.8, 4) is 10.8 Å². The lowest BCUT2D eigenvalue weighted by atomic mass is 10.2. The van der Waals surface area contributed by atoms with Crippen LogP contribution in [0, 0.1) is 0 Å². The predicted octanol–water partition coefficient (Wildman–Crippen LogP) is 2.44. The Balaban J connectivity index is 0.00000147. The van der Waals surface area contributed by atoms with Gasteiger partial charge in [0.1, 0.15) is 0 Å². The minimum absolute atomic E-state index is 0. The predicted molar refractivity (Wildman–Crippen MR) is 80.4 cm³/mol. The van der Waals surface area contributed by atoms with E-state index < -0.39 is 0 Å². The molecule has 2 aromatic heterocycles. The van der Waals surface area contributed by atoms with Crippen LogP contribution in [0.3, 0.4) is 0 Å². The number of halogens is 1. The van der Waals surface area contributed by atoms with Crippen molar-refractivity contribution in [2.75, 3.05) is 13.7 Å². The molecule has 0 fully saturated rings. The lowest BCUT2D eigenvalue weighted by molar-refractivity contribution is 0.112. The number of hydrogen-bond donors (Lipinski definition) is 1. The van der Waals surface area contributed by atoms with Crippen molar-refractivity contribution in [2.45, 2.75) is 32.4 Å². The maximum atomic E-state index is 5.45. The van der Waals surface area contributed by atoms with Crippen LogP contribution in [0.1, 0.15) is 23.2 Å². The summed E-state index contributed by atoms with van der Waals surface area (Å²) in [5, 5.41) is 7.20. The van der Waals surface area contributed by atoms with Gasteiger partial charge in [-0.2, -0.15) is 4.98 Å². The van der Waals surface area contributed by atoms with Gasteiger partial charge in [0.2, 0.25) is 0 Å². The van der Waals surface area contributed by atoms with Crippen LogP contribution in [-0.2, 0) is 24.2 Å². The molecule has 7 heteroatoms. The summed E-state index contributed by atoms with van der Waals surface area (Å²) >= 11 is 1.73. The van der Waals surface area contributed by atoms with E-state index in [1.54, 1.807) is 11.3 Å². The zero-order valence-electron chi connectivity index (χ0n) is 11.5. The zero-order valence-corrected chi connectivity index (χ0v) is 13.1. The van der Waals surface area contributed by atoms with E-state index >= 15 is 0 Å². The highest BCUT2D eigenvalue weighted by molar-refractivity contribution is 7.15. The summed E-state index contributed by atoms with van der Waals surface area (Å²) in [6, 6.07) is 2.45. The minimum atomic E-state index is 0. The van der Waals surface area contributed by atoms with E-state index in [1.807, 2.05) is 7.05 Å². The Labute approximate surface area is 128 Å². The average Bonchev–Trinajstić information content (AvgIpc) is 3.04. The zero-order chi connectivity index (χ0) is 13.2. The van der Waals surface area contributed by atoms with Gasteiger partial charge >= 0.3 is 0 Å². The lowest BCUT2D eigenvalue weighted by Gasteiger charge is -2.10. The van der Waals surface area contributed by atoms with Gasteiger partial charge in [0.25, 0.3) is 5.89 Å². The van der Waals surface area contributed by atoms with Crippen LogP contribution in [-0.4, -0.2) is 29.8 Å². The molecule has 1 N–H and O–H groups in total. The van der Waals surface area contributed by atoms with Crippen molar-refractivity contribution in [3.63, 3.8) is 0 Å². The number of rotatable bonds is 4. The SMILES string of the molecule is CNC(C)Cc1noc(-c2cc3c(s2)CCOC3)n1.Cl. The molecule has 20 heavy (non-hydrogen) atoms. The highest BCUT2D eigenvalue weighted by atomic mass is 35.5. The Morgan fingerprint density at radius 2 is 2.35 bits per heavy atom. The third kappa shape index (κ3) is 3.20. The Morgan fingerprint density at radius 1 is 1.50 bits per heavy atom. The molecule has 0 aromatic carbocycles. The van der Waals surface area contributed by atoms with E-state index in [9.17, 15) is 0 Å². The van der Waals surface area contributed by atoms with Crippen LogP contribution < -0.4 is 5.32 Å². The van der Waals surface area contributed by atoms with E-state index in [0.29, 0.717) is 18.5 Å². The summed E-state index contributed by atoms with van der Waals surface area (Å²) in [5.74, 6) is 1.37. The Morgan fingerprint density at radius 3 is 3.10 bits per heavy atom. The number of ether oxygens (including phenoxy) is 1. The number of nitrogens with one attached hydrogen (secondary N) is 1. The molecule has 1 unspecified atom stereocenters. The molecular weight excluding hydrogens is 298 g/mol. The largest absolute Gasteiger partial charge is 0.376 e. The van der Waals surface area contributed by atoms with Crippen molar-refractivity contribution in [3.05, 3.63) is 22.3 Å². The second kappa shape index (κ2) is 6.67. The van der Waals surface area contributed by atoms with Gasteiger partial charge in [0, 0.05) is 23.8 Å². The number of likely N-dealkylation sites (N-methyl/N-ethyl adjacent to an activating group) is 1. The summed E-state index contributed by atoms with van der Waals surface area (Å²) in [5.41, 5.74) is 1.26. The van der Waals surface area contributed by atoms with Crippen LogP contribution in [0.15, 0.2) is 10.6 Å². The van der Waals surface area contributed by atoms with Crippen LogP contribution in [0.5, 0.6) is 0 Å². The van der Waals surface area contributed by atoms with Gasteiger partial charge in [-0.05, 0) is 25.6 Å². The first-order valence-electron chi connectivity index (χ1n) is 6.46. The third-order valence-electron chi connectivity index (χ3n) is 3.29. The number of aromatic nitrogens is 2. The molecule has 0 bridgehead atoms. The lowest BCUT2D eigenvalue weighted by Crippen LogP contribution is -2.24. The van der Waals surface area contributed by atoms with Gasteiger partial charge in [0.05, 0.1) is 18.1 Å². The standard InChI is InChI=1S/C13H17N3O2S.ClH/c1-8(14-2)5-12-15-13(18-16-12)11-6-9-7-17-4-3-10(9)19-11;/h6,8,14H,3-5,7H2,1-2H3;1H. The maximum absolute atomic E-state index is 5.45. The topological polar surface area (TPSA) is 60.2 Å². The van der Waals surface area contributed by atoms with Crippen molar-refractivity contribution in [2.24, 2.45) is 0 Å². The highest BCUT2D eigenvalue weighted by Gasteiger charge is 2.18. The van der Waals surface area contributed by atoms with E-state index in [0.717, 1.165) is 30.2 Å². The average molecular weight is 316 g/mol. The Kier molecular flexibility index (Phi) is 5.15. The van der Waals surface area contributed by atoms with Gasteiger partial charge in [-0.25, -0.2) is 0 Å². The molecule has 0 saturated heterocycles. The Hall–Kier alpha value is -0.950. The van der Waals surface area contributed by atoms with Gasteiger partial charge in [-0.1, -0.05) is 5.16 Å². The molecule has 2 aromatic rings. The first-order valence-corrected chi connectivity index (χ1v) is 7.27. The number of thiophene rings is 1. The summed E-state index contributed by atoms with van der Waals surface area (Å²) in [6.07, 6.45) is 1.76. The minimum Gasteiger partial charge on any atom is -0.376 e. The summed E-state index contributed by atoms with van der Waals surface area (Å²) < 4.78 is 10.8. The van der Waals surface area contributed by atoms with Crippen molar-refractivity contribution in [1.82, 2.24) is 15.5 Å². The fraction of sp³-hybridized carbons (Fsp3) is 0.538. The molecule has 5 nitrogen and oxygen atoms in total. The molecule has 1 aliphatic heterocycles. The normalized spacial score (nSPS) is 15.5. The van der Waals surface area contributed by atoms with Crippen molar-refractivity contribution >= 4 is 23.7 Å². The second-order valence-corrected chi connectivity index (χ2v) is 5.91. The monoisotopic (exact) mass is 315 g/mol. The molecule has 0 saturated carbocycles. The summed E-state index contributed by atoms with van der Waals surface area (Å²) in [6.45, 7) is 3.60. The quantitative estimate of drug-likeness (QED) is 0.939. The van der Waals surface area contributed by atoms with Crippen LogP contribution in [0.2, 0.25) is 0 Å². The molecule has 3 rings (SSSR count). The smallest absolute Gasteiger partial charge is 0.268 e. The number of hydrogen-bond acceptors (Lipinski definition) is 6. The molecule has 1 aliphatic rings. The van der Waals surface area contributed by atoms with Crippen molar-refractivity contribution < 1.29 is 9.26 Å². The van der Waals surface area contributed by atoms with Gasteiger partial charge in [-0.3, -0.25) is 0 Å². The molecule has 0 spiro atoms. The van der Waals surface area contributed by atoms with Crippen molar-refractivity contribution in [1.29, 1.82) is 0 Å². The number of nitrogens with zero attached hydrogens (tertiary/aromatic N) is 2. The van der Waals surface area contributed by atoms with Gasteiger partial charge in [0.15, 0.2) is 5.82 Å². The van der Waals surface area contributed by atoms with Gasteiger partial charge < -0.3 is 14.6 Å². The van der Waals surface area contributed by atoms with Gasteiger partial charge in [-0.15, -0.1) is 23.7 Å². The molecule has 0 aliphatic carbocycles. The molecule has 1 atom stereocenters. The number of fused-ring (bicyclic) bond motifs is 1. The fourth-order valence-electron chi connectivity index (χ4n) is 2.07. The molecule has 0 amide bonds. The molecule has 110 valence electrons. The second-order valence-electron chi connectivity index (χ2n) is 4.77. The summed E-state index contributed by atoms with van der Waals surface area (Å²) in [4.78, 5) is 6.89. The molecular formula is C13H18ClN3O2S. The van der Waals surface area contributed by atoms with Crippen LogP contribution in [0.25, 0.3) is 10.8 Å². The fourth-order valence-corrected chi connectivity index (χ4v) is 3.14. The van der Waals surface area contributed by atoms with Crippen LogP contribution >= 0.6 is 23.7 Å². The first kappa shape index (κ1) is 15.4.